The van der Waals surface area contributed by atoms with Gasteiger partial charge in [0.15, 0.2) is 0 Å². The Balaban J connectivity index is 1.43. The molecule has 1 fully saturated rings. The van der Waals surface area contributed by atoms with E-state index in [9.17, 15) is 18.0 Å². The van der Waals surface area contributed by atoms with Crippen molar-refractivity contribution in [2.75, 3.05) is 25.0 Å². The molecule has 0 bridgehead atoms. The van der Waals surface area contributed by atoms with Crippen molar-refractivity contribution in [3.8, 4) is 11.1 Å². The highest BCUT2D eigenvalue weighted by Crippen LogP contribution is 2.37. The van der Waals surface area contributed by atoms with Crippen LogP contribution >= 0.6 is 0 Å². The van der Waals surface area contributed by atoms with E-state index in [1.165, 1.54) is 0 Å². The molecule has 0 saturated carbocycles. The van der Waals surface area contributed by atoms with E-state index < -0.39 is 11.6 Å². The van der Waals surface area contributed by atoms with Crippen LogP contribution < -0.4 is 5.32 Å². The maximum Gasteiger partial charge on any atom is 0.395 e. The number of fused-ring (bicyclic) bond motifs is 2. The van der Waals surface area contributed by atoms with Crippen molar-refractivity contribution in [1.29, 1.82) is 0 Å². The molecule has 0 aliphatic carbocycles. The molecule has 5 rings (SSSR count). The van der Waals surface area contributed by atoms with E-state index in [0.29, 0.717) is 16.9 Å². The predicted octanol–water partition coefficient (Wildman–Crippen LogP) is 4.28. The van der Waals surface area contributed by atoms with Crippen molar-refractivity contribution < 1.29 is 18.0 Å². The second-order valence-corrected chi connectivity index (χ2v) is 9.16. The summed E-state index contributed by atoms with van der Waals surface area (Å²) in [4.78, 5) is 23.3. The molecule has 0 atom stereocenters. The van der Waals surface area contributed by atoms with Crippen LogP contribution in [0.3, 0.4) is 0 Å². The van der Waals surface area contributed by atoms with Crippen molar-refractivity contribution >= 4 is 23.0 Å². The van der Waals surface area contributed by atoms with Crippen LogP contribution in [0.2, 0.25) is 0 Å². The lowest BCUT2D eigenvalue weighted by Crippen LogP contribution is -2.38. The van der Waals surface area contributed by atoms with Gasteiger partial charge in [0, 0.05) is 43.2 Å². The Labute approximate surface area is 193 Å². The van der Waals surface area contributed by atoms with Crippen molar-refractivity contribution in [2.45, 2.75) is 32.9 Å². The highest BCUT2D eigenvalue weighted by Gasteiger charge is 2.47. The van der Waals surface area contributed by atoms with Crippen LogP contribution in [0.25, 0.3) is 22.3 Å². The number of pyridine rings is 1. The van der Waals surface area contributed by atoms with E-state index in [2.05, 4.69) is 20.4 Å². The summed E-state index contributed by atoms with van der Waals surface area (Å²) in [5, 5.41) is 6.99. The molecule has 5 heterocycles. The highest BCUT2D eigenvalue weighted by molar-refractivity contribution is 5.93. The van der Waals surface area contributed by atoms with Crippen LogP contribution in [0.5, 0.6) is 0 Å². The Bertz CT molecular complexity index is 1370. The average molecular weight is 471 g/mol. The van der Waals surface area contributed by atoms with E-state index in [-0.39, 0.29) is 18.4 Å². The van der Waals surface area contributed by atoms with E-state index in [1.54, 1.807) is 27.5 Å². The highest BCUT2D eigenvalue weighted by atomic mass is 19.4. The van der Waals surface area contributed by atoms with Gasteiger partial charge in [0.1, 0.15) is 11.3 Å². The van der Waals surface area contributed by atoms with Gasteiger partial charge in [-0.2, -0.15) is 13.2 Å². The first kappa shape index (κ1) is 22.2. The Morgan fingerprint density at radius 2 is 1.85 bits per heavy atom. The maximum atomic E-state index is 13.1. The minimum Gasteiger partial charge on any atom is -0.352 e. The second-order valence-electron chi connectivity index (χ2n) is 9.16. The summed E-state index contributed by atoms with van der Waals surface area (Å²) in [6, 6.07) is 5.60. The van der Waals surface area contributed by atoms with Gasteiger partial charge in [-0.1, -0.05) is 0 Å². The van der Waals surface area contributed by atoms with Gasteiger partial charge in [0.2, 0.25) is 5.95 Å². The number of nitrogens with one attached hydrogen (secondary N) is 1. The van der Waals surface area contributed by atoms with Crippen molar-refractivity contribution in [3.05, 3.63) is 48.7 Å². The van der Waals surface area contributed by atoms with Gasteiger partial charge in [-0.15, -0.1) is 5.10 Å². The van der Waals surface area contributed by atoms with Crippen molar-refractivity contribution in [3.63, 3.8) is 0 Å². The van der Waals surface area contributed by atoms with Crippen molar-refractivity contribution in [1.82, 2.24) is 28.9 Å². The molecule has 0 radical (unpaired) electrons. The van der Waals surface area contributed by atoms with Gasteiger partial charge in [0.25, 0.3) is 5.91 Å². The minimum atomic E-state index is -4.34. The molecular formula is C23H24F3N7O. The monoisotopic (exact) mass is 471 g/mol. The first-order chi connectivity index (χ1) is 16.1. The summed E-state index contributed by atoms with van der Waals surface area (Å²) < 4.78 is 42.7. The molecule has 34 heavy (non-hydrogen) atoms. The van der Waals surface area contributed by atoms with Crippen LogP contribution in [0, 0.1) is 5.41 Å². The van der Waals surface area contributed by atoms with Gasteiger partial charge in [-0.3, -0.25) is 9.20 Å². The molecule has 4 aromatic rings. The Hall–Kier alpha value is -3.63. The molecule has 4 aromatic heterocycles. The quantitative estimate of drug-likeness (QED) is 0.470. The topological polar surface area (TPSA) is 79.8 Å². The van der Waals surface area contributed by atoms with E-state index in [4.69, 9.17) is 0 Å². The fraction of sp³-hybridized carbons (Fsp3) is 0.391. The lowest BCUT2D eigenvalue weighted by molar-refractivity contribution is -0.206. The van der Waals surface area contributed by atoms with Gasteiger partial charge < -0.3 is 10.2 Å². The molecule has 1 aliphatic heterocycles. The zero-order valence-electron chi connectivity index (χ0n) is 18.8. The zero-order chi connectivity index (χ0) is 24.1. The smallest absolute Gasteiger partial charge is 0.352 e. The van der Waals surface area contributed by atoms with Crippen LogP contribution in [-0.4, -0.2) is 60.6 Å². The Morgan fingerprint density at radius 3 is 2.59 bits per heavy atom. The largest absolute Gasteiger partial charge is 0.395 e. The lowest BCUT2D eigenvalue weighted by atomic mass is 9.93. The summed E-state index contributed by atoms with van der Waals surface area (Å²) >= 11 is 0. The van der Waals surface area contributed by atoms with E-state index >= 15 is 0 Å². The number of hydrogen-bond acceptors (Lipinski definition) is 5. The molecule has 178 valence electrons. The zero-order valence-corrected chi connectivity index (χ0v) is 18.8. The van der Waals surface area contributed by atoms with Crippen molar-refractivity contribution in [2.24, 2.45) is 5.41 Å². The number of aromatic nitrogens is 5. The number of carbonyl (C=O) groups excluding carboxylic acids is 1. The molecule has 8 nitrogen and oxygen atoms in total. The molecular weight excluding hydrogens is 447 g/mol. The van der Waals surface area contributed by atoms with Gasteiger partial charge in [-0.05, 0) is 44.9 Å². The first-order valence-corrected chi connectivity index (χ1v) is 11.1. The minimum absolute atomic E-state index is 0.0373. The number of rotatable bonds is 5. The third-order valence-electron chi connectivity index (χ3n) is 6.30. The summed E-state index contributed by atoms with van der Waals surface area (Å²) in [6.07, 6.45) is 4.43. The third kappa shape index (κ3) is 3.84. The number of anilines is 1. The number of amides is 1. The first-order valence-electron chi connectivity index (χ1n) is 11.1. The third-order valence-corrected chi connectivity index (χ3v) is 6.30. The molecule has 1 amide bonds. The average Bonchev–Trinajstić information content (AvgIpc) is 3.55. The normalized spacial score (nSPS) is 14.9. The van der Waals surface area contributed by atoms with Gasteiger partial charge in [0.05, 0.1) is 23.3 Å². The Morgan fingerprint density at radius 1 is 1.09 bits per heavy atom. The van der Waals surface area contributed by atoms with E-state index in [0.717, 1.165) is 50.9 Å². The second kappa shape index (κ2) is 8.00. The summed E-state index contributed by atoms with van der Waals surface area (Å²) in [6.45, 7) is 3.41. The molecule has 0 spiro atoms. The molecule has 0 aromatic carbocycles. The molecule has 1 aliphatic rings. The molecule has 1 N–H and O–H groups in total. The number of hydrogen-bond donors (Lipinski definition) is 1. The lowest BCUT2D eigenvalue weighted by Gasteiger charge is -2.27. The molecule has 11 heteroatoms. The van der Waals surface area contributed by atoms with Gasteiger partial charge >= 0.3 is 6.18 Å². The molecule has 1 saturated heterocycles. The number of likely N-dealkylation sites (tertiary alicyclic amines) is 1. The number of nitrogens with zero attached hydrogens (tertiary/aromatic N) is 6. The maximum absolute atomic E-state index is 13.1. The summed E-state index contributed by atoms with van der Waals surface area (Å²) in [5.41, 5.74) is 1.62. The number of imidazole rings is 1. The van der Waals surface area contributed by atoms with Crippen LogP contribution in [0.1, 0.15) is 37.2 Å². The number of halogens is 3. The Kier molecular flexibility index (Phi) is 5.22. The fourth-order valence-electron chi connectivity index (χ4n) is 4.01. The van der Waals surface area contributed by atoms with Gasteiger partial charge in [-0.25, -0.2) is 14.5 Å². The predicted molar refractivity (Wildman–Crippen MR) is 121 cm³/mol. The fourth-order valence-corrected chi connectivity index (χ4v) is 4.01. The molecule has 0 unspecified atom stereocenters. The SMILES string of the molecule is CC(C)(CNc1ncc2c(-c3ccc4ncc(C(=O)N5CCCC5)n4c3)ccn2n1)C(F)(F)F. The number of carbonyl (C=O) groups is 1. The summed E-state index contributed by atoms with van der Waals surface area (Å²) in [5.74, 6) is 0.0697. The summed E-state index contributed by atoms with van der Waals surface area (Å²) in [7, 11) is 0. The van der Waals surface area contributed by atoms with Crippen LogP contribution in [0.15, 0.2) is 43.0 Å². The number of alkyl halides is 3. The standard InChI is InChI=1S/C23H24F3N7O/c1-22(2,23(24,25)26)14-29-21-28-11-17-16(7-10-33(17)30-21)15-5-6-19-27-12-18(32(19)13-15)20(34)31-8-3-4-9-31/h5-7,10-13H,3-4,8-9,14H2,1-2H3,(H,29,30). The van der Waals surface area contributed by atoms with Crippen LogP contribution in [0.4, 0.5) is 19.1 Å². The van der Waals surface area contributed by atoms with E-state index in [1.807, 2.05) is 29.3 Å². The van der Waals surface area contributed by atoms with Crippen LogP contribution in [-0.2, 0) is 0 Å².